The molecule has 0 aliphatic carbocycles. The van der Waals surface area contributed by atoms with Crippen molar-refractivity contribution in [1.82, 2.24) is 0 Å². The molecule has 0 aliphatic heterocycles. The van der Waals surface area contributed by atoms with Crippen LogP contribution < -0.4 is 28.8 Å². The van der Waals surface area contributed by atoms with E-state index in [1.54, 1.807) is 14.2 Å². The van der Waals surface area contributed by atoms with Crippen LogP contribution >= 0.6 is 21.6 Å². The van der Waals surface area contributed by atoms with Crippen LogP contribution in [0.15, 0.2) is 91.3 Å². The van der Waals surface area contributed by atoms with Gasteiger partial charge in [0.2, 0.25) is 0 Å². The molecule has 2 aromatic carbocycles. The molecule has 0 unspecified atom stereocenters. The van der Waals surface area contributed by atoms with E-state index < -0.39 is 0 Å². The third kappa shape index (κ3) is 11.3. The molecule has 0 spiro atoms. The van der Waals surface area contributed by atoms with Crippen LogP contribution in [-0.4, -0.2) is 66.7 Å². The number of nitrogens with zero attached hydrogens (tertiary/aromatic N) is 3. The summed E-state index contributed by atoms with van der Waals surface area (Å²) < 4.78 is 13.4. The van der Waals surface area contributed by atoms with Crippen molar-refractivity contribution in [1.29, 1.82) is 0 Å². The Hall–Kier alpha value is -3.88. The number of nitrogens with one attached hydrogen (secondary N) is 1. The summed E-state index contributed by atoms with van der Waals surface area (Å²) in [6.07, 6.45) is 18.5. The standard InChI is InChI=1S/C36H45N4O2S2/c1-8-29(9-11-31-13-15-33(38(2)3)27-35(31)41-6)17-20-37-21-25-43-44-26-24-40-22-18-30(19-23-40)10-12-32-14-16-34(39(4)5)28-36(32)42-7/h8-20,22-23,27-28H,1,21,24-26H2,2-7H3/q+1/p+1/b11-9+,29-17+,37-20?. The summed E-state index contributed by atoms with van der Waals surface area (Å²) in [6.45, 7) is 5.82. The number of hydrogen-bond acceptors (Lipinski definition) is 6. The van der Waals surface area contributed by atoms with Crippen LogP contribution in [0.25, 0.3) is 18.2 Å². The lowest BCUT2D eigenvalue weighted by Gasteiger charge is -2.14. The number of methoxy groups -OCH3 is 2. The second-order valence-corrected chi connectivity index (χ2v) is 13.0. The minimum atomic E-state index is 0.847. The topological polar surface area (TPSA) is 42.8 Å². The molecule has 44 heavy (non-hydrogen) atoms. The Bertz CT molecular complexity index is 1460. The van der Waals surface area contributed by atoms with E-state index in [2.05, 4.69) is 99.0 Å². The average Bonchev–Trinajstić information content (AvgIpc) is 3.04. The highest BCUT2D eigenvalue weighted by Crippen LogP contribution is 2.27. The molecule has 0 atom stereocenters. The van der Waals surface area contributed by atoms with E-state index in [1.165, 1.54) is 0 Å². The minimum Gasteiger partial charge on any atom is -0.496 e. The van der Waals surface area contributed by atoms with Gasteiger partial charge >= 0.3 is 0 Å². The number of hydrogen-bond donors (Lipinski definition) is 1. The molecule has 0 aliphatic rings. The molecule has 0 saturated carbocycles. The highest BCUT2D eigenvalue weighted by molar-refractivity contribution is 8.76. The first-order valence-corrected chi connectivity index (χ1v) is 17.0. The third-order valence-corrected chi connectivity index (χ3v) is 9.16. The molecule has 1 N–H and O–H groups in total. The number of rotatable bonds is 17. The molecule has 3 aromatic rings. The monoisotopic (exact) mass is 630 g/mol. The number of aryl methyl sites for hydroxylation is 1. The Morgan fingerprint density at radius 2 is 1.41 bits per heavy atom. The number of benzene rings is 2. The van der Waals surface area contributed by atoms with Crippen LogP contribution in [0.1, 0.15) is 16.7 Å². The first-order chi connectivity index (χ1) is 21.3. The molecule has 0 bridgehead atoms. The zero-order valence-corrected chi connectivity index (χ0v) is 28.5. The Morgan fingerprint density at radius 1 is 0.818 bits per heavy atom. The van der Waals surface area contributed by atoms with Crippen molar-refractivity contribution in [2.75, 3.05) is 70.3 Å². The molecule has 0 radical (unpaired) electrons. The van der Waals surface area contributed by atoms with E-state index in [0.29, 0.717) is 0 Å². The van der Waals surface area contributed by atoms with Gasteiger partial charge in [0.05, 0.1) is 25.7 Å². The summed E-state index contributed by atoms with van der Waals surface area (Å²) in [5, 5.41) is 0. The zero-order valence-electron chi connectivity index (χ0n) is 26.8. The number of allylic oxidation sites excluding steroid dienone is 4. The molecule has 0 fully saturated rings. The smallest absolute Gasteiger partial charge is 0.169 e. The maximum atomic E-state index is 5.58. The van der Waals surface area contributed by atoms with Gasteiger partial charge in [-0.25, -0.2) is 9.56 Å². The average molecular weight is 631 g/mol. The molecule has 8 heteroatoms. The number of ether oxygens (including phenoxy) is 2. The largest absolute Gasteiger partial charge is 0.496 e. The van der Waals surface area contributed by atoms with Crippen LogP contribution in [0.5, 0.6) is 11.5 Å². The highest BCUT2D eigenvalue weighted by Gasteiger charge is 2.05. The predicted octanol–water partition coefficient (Wildman–Crippen LogP) is 5.65. The van der Waals surface area contributed by atoms with Crippen molar-refractivity contribution < 1.29 is 19.0 Å². The highest BCUT2D eigenvalue weighted by atomic mass is 33.1. The van der Waals surface area contributed by atoms with Crippen molar-refractivity contribution in [3.8, 4) is 11.5 Å². The molecule has 1 aromatic heterocycles. The number of anilines is 2. The molecule has 6 nitrogen and oxygen atoms in total. The number of aromatic nitrogens is 1. The predicted molar refractivity (Wildman–Crippen MR) is 194 cm³/mol. The SMILES string of the molecule is C=CC(/C=C/c1ccc(N(C)C)cc1OC)=C\C=[NH+]CCSSCC[n+]1ccc(/C=C/c2ccc(N(C)C)cc2OC)cc1. The molecular weight excluding hydrogens is 585 g/mol. The van der Waals surface area contributed by atoms with Gasteiger partial charge in [0.15, 0.2) is 31.7 Å². The number of pyridine rings is 1. The van der Waals surface area contributed by atoms with Gasteiger partial charge in [-0.3, -0.25) is 0 Å². The lowest BCUT2D eigenvalue weighted by molar-refractivity contribution is -0.692. The summed E-state index contributed by atoms with van der Waals surface area (Å²) in [7, 11) is 15.3. The van der Waals surface area contributed by atoms with E-state index in [4.69, 9.17) is 9.47 Å². The van der Waals surface area contributed by atoms with E-state index in [-0.39, 0.29) is 0 Å². The van der Waals surface area contributed by atoms with Gasteiger partial charge < -0.3 is 19.3 Å². The van der Waals surface area contributed by atoms with Crippen molar-refractivity contribution >= 4 is 57.4 Å². The molecule has 1 heterocycles. The van der Waals surface area contributed by atoms with E-state index in [1.807, 2.05) is 80.3 Å². The fourth-order valence-corrected chi connectivity index (χ4v) is 6.03. The van der Waals surface area contributed by atoms with Gasteiger partial charge in [-0.2, -0.15) is 0 Å². The first kappa shape index (κ1) is 34.6. The Labute approximate surface area is 271 Å². The van der Waals surface area contributed by atoms with Crippen LogP contribution in [0, 0.1) is 0 Å². The second-order valence-electron chi connectivity index (χ2n) is 10.3. The van der Waals surface area contributed by atoms with Gasteiger partial charge in [0.1, 0.15) is 11.5 Å². The van der Waals surface area contributed by atoms with Gasteiger partial charge in [0.25, 0.3) is 0 Å². The van der Waals surface area contributed by atoms with Gasteiger partial charge in [-0.1, -0.05) is 58.5 Å². The second kappa shape index (κ2) is 18.7. The lowest BCUT2D eigenvalue weighted by Crippen LogP contribution is -2.69. The van der Waals surface area contributed by atoms with E-state index in [0.717, 1.165) is 69.7 Å². The van der Waals surface area contributed by atoms with Crippen LogP contribution in [0.3, 0.4) is 0 Å². The quantitative estimate of drug-likeness (QED) is 0.0684. The molecule has 232 valence electrons. The fourth-order valence-electron chi connectivity index (χ4n) is 4.12. The van der Waals surface area contributed by atoms with Crippen molar-refractivity contribution in [2.45, 2.75) is 6.54 Å². The van der Waals surface area contributed by atoms with Gasteiger partial charge in [-0.15, -0.1) is 0 Å². The normalized spacial score (nSPS) is 11.9. The summed E-state index contributed by atoms with van der Waals surface area (Å²) in [4.78, 5) is 7.51. The molecule has 0 amide bonds. The first-order valence-electron chi connectivity index (χ1n) is 14.5. The van der Waals surface area contributed by atoms with E-state index in [9.17, 15) is 0 Å². The van der Waals surface area contributed by atoms with Crippen molar-refractivity contribution in [3.05, 3.63) is 108 Å². The maximum Gasteiger partial charge on any atom is 0.169 e. The van der Waals surface area contributed by atoms with Crippen LogP contribution in [0.4, 0.5) is 11.4 Å². The Kier molecular flexibility index (Phi) is 14.7. The van der Waals surface area contributed by atoms with E-state index >= 15 is 0 Å². The molecule has 3 rings (SSSR count). The summed E-state index contributed by atoms with van der Waals surface area (Å²) >= 11 is 0. The van der Waals surface area contributed by atoms with Gasteiger partial charge in [0, 0.05) is 81.0 Å². The summed E-state index contributed by atoms with van der Waals surface area (Å²) in [5.74, 6) is 3.79. The fraction of sp³-hybridized carbons (Fsp3) is 0.278. The molecule has 0 saturated heterocycles. The summed E-state index contributed by atoms with van der Waals surface area (Å²) in [6, 6.07) is 16.7. The zero-order chi connectivity index (χ0) is 31.7. The Balaban J connectivity index is 1.37. The van der Waals surface area contributed by atoms with Crippen molar-refractivity contribution in [3.63, 3.8) is 0 Å². The molecular formula is C36H46N4O2S2+2. The Morgan fingerprint density at radius 3 is 1.98 bits per heavy atom. The van der Waals surface area contributed by atoms with Crippen molar-refractivity contribution in [2.24, 2.45) is 0 Å². The van der Waals surface area contributed by atoms with Crippen LogP contribution in [0.2, 0.25) is 0 Å². The van der Waals surface area contributed by atoms with Crippen LogP contribution in [-0.2, 0) is 6.54 Å². The summed E-state index contributed by atoms with van der Waals surface area (Å²) in [5.41, 5.74) is 6.50. The maximum absolute atomic E-state index is 5.58. The minimum absolute atomic E-state index is 0.847. The lowest BCUT2D eigenvalue weighted by atomic mass is 10.1. The third-order valence-electron chi connectivity index (χ3n) is 6.77. The van der Waals surface area contributed by atoms with Gasteiger partial charge in [-0.05, 0) is 35.4 Å².